The fourth-order valence-electron chi connectivity index (χ4n) is 3.18. The molecule has 0 bridgehead atoms. The van der Waals surface area contributed by atoms with Gasteiger partial charge in [0.05, 0.1) is 23.2 Å². The lowest BCUT2D eigenvalue weighted by molar-refractivity contribution is -0.120. The van der Waals surface area contributed by atoms with Crippen LogP contribution >= 0.6 is 22.9 Å². The fourth-order valence-corrected chi connectivity index (χ4v) is 4.34. The number of nitrogens with zero attached hydrogens (tertiary/aromatic N) is 4. The van der Waals surface area contributed by atoms with E-state index < -0.39 is 0 Å². The first kappa shape index (κ1) is 22.1. The molecule has 0 aliphatic rings. The predicted octanol–water partition coefficient (Wildman–Crippen LogP) is 5.05. The molecule has 0 unspecified atom stereocenters. The van der Waals surface area contributed by atoms with Crippen LogP contribution in [-0.2, 0) is 11.3 Å². The highest BCUT2D eigenvalue weighted by Gasteiger charge is 2.20. The normalized spacial score (nSPS) is 10.9. The quantitative estimate of drug-likeness (QED) is 0.324. The molecular weight excluding hydrogens is 448 g/mol. The minimum atomic E-state index is -0.158. The molecule has 0 atom stereocenters. The number of halogens is 1. The van der Waals surface area contributed by atoms with Crippen molar-refractivity contribution in [1.29, 1.82) is 0 Å². The summed E-state index contributed by atoms with van der Waals surface area (Å²) in [5.74, 6) is 1.22. The number of benzene rings is 2. The third kappa shape index (κ3) is 5.57. The van der Waals surface area contributed by atoms with Crippen molar-refractivity contribution >= 4 is 44.2 Å². The molecule has 0 fully saturated rings. The first-order valence-corrected chi connectivity index (χ1v) is 11.5. The maximum atomic E-state index is 13.1. The molecule has 0 spiro atoms. The van der Waals surface area contributed by atoms with Gasteiger partial charge in [-0.1, -0.05) is 22.9 Å². The monoisotopic (exact) mass is 470 g/mol. The van der Waals surface area contributed by atoms with Crippen molar-refractivity contribution in [2.24, 2.45) is 0 Å². The molecule has 7 nitrogen and oxygen atoms in total. The Morgan fingerprint density at radius 3 is 2.72 bits per heavy atom. The topological polar surface area (TPSA) is 69.5 Å². The Morgan fingerprint density at radius 1 is 1.16 bits per heavy atom. The van der Waals surface area contributed by atoms with E-state index in [1.165, 1.54) is 11.3 Å². The van der Waals surface area contributed by atoms with E-state index in [1.807, 2.05) is 35.9 Å². The van der Waals surface area contributed by atoms with Crippen LogP contribution < -0.4 is 14.4 Å². The zero-order chi connectivity index (χ0) is 22.3. The summed E-state index contributed by atoms with van der Waals surface area (Å²) in [6, 6.07) is 12.7. The number of fused-ring (bicyclic) bond motifs is 1. The van der Waals surface area contributed by atoms with Gasteiger partial charge in [-0.25, -0.2) is 9.97 Å². The van der Waals surface area contributed by atoms with E-state index in [0.717, 1.165) is 28.9 Å². The Kier molecular flexibility index (Phi) is 7.24. The Morgan fingerprint density at radius 2 is 1.97 bits per heavy atom. The summed E-state index contributed by atoms with van der Waals surface area (Å²) in [5.41, 5.74) is 0.833. The van der Waals surface area contributed by atoms with Crippen LogP contribution in [0.2, 0.25) is 5.02 Å². The van der Waals surface area contributed by atoms with Crippen LogP contribution in [0.1, 0.15) is 13.3 Å². The maximum Gasteiger partial charge on any atom is 0.266 e. The minimum Gasteiger partial charge on any atom is -0.494 e. The second-order valence-electron chi connectivity index (χ2n) is 7.00. The number of carbonyl (C=O) groups is 1. The summed E-state index contributed by atoms with van der Waals surface area (Å²) in [5, 5.41) is 1.26. The van der Waals surface area contributed by atoms with E-state index in [9.17, 15) is 4.79 Å². The number of imidazole rings is 1. The molecule has 2 aromatic carbocycles. The molecule has 4 aromatic rings. The molecule has 9 heteroatoms. The Bertz CT molecular complexity index is 1160. The lowest BCUT2D eigenvalue weighted by Gasteiger charge is -2.20. The number of aromatic nitrogens is 3. The highest BCUT2D eigenvalue weighted by atomic mass is 35.5. The van der Waals surface area contributed by atoms with Gasteiger partial charge in [-0.2, -0.15) is 0 Å². The SMILES string of the molecule is CCOc1ccc2nc(N(CCCn3ccnc3)C(=O)COc3ccc(Cl)cc3)sc2c1. The standard InChI is InChI=1S/C23H23ClN4O3S/c1-2-30-19-8-9-20-21(14-19)32-23(26-20)28(12-3-11-27-13-10-25-16-27)22(29)15-31-18-6-4-17(24)5-7-18/h4-10,13-14,16H,2-3,11-12,15H2,1H3. The van der Waals surface area contributed by atoms with Crippen LogP contribution in [-0.4, -0.2) is 40.2 Å². The van der Waals surface area contributed by atoms with Gasteiger partial charge >= 0.3 is 0 Å². The minimum absolute atomic E-state index is 0.0904. The second-order valence-corrected chi connectivity index (χ2v) is 8.45. The molecule has 0 saturated carbocycles. The molecule has 1 amide bonds. The van der Waals surface area contributed by atoms with Crippen molar-refractivity contribution in [3.8, 4) is 11.5 Å². The molecule has 0 aliphatic carbocycles. The van der Waals surface area contributed by atoms with Crippen molar-refractivity contribution in [3.05, 3.63) is 66.2 Å². The summed E-state index contributed by atoms with van der Waals surface area (Å²) < 4.78 is 14.2. The van der Waals surface area contributed by atoms with Crippen LogP contribution in [0.3, 0.4) is 0 Å². The number of amides is 1. The van der Waals surface area contributed by atoms with Gasteiger partial charge in [-0.3, -0.25) is 9.69 Å². The number of ether oxygens (including phenoxy) is 2. The zero-order valence-corrected chi connectivity index (χ0v) is 19.2. The Hall–Kier alpha value is -3.10. The van der Waals surface area contributed by atoms with Gasteiger partial charge in [0.15, 0.2) is 11.7 Å². The fraction of sp³-hybridized carbons (Fsp3) is 0.261. The highest BCUT2D eigenvalue weighted by Crippen LogP contribution is 2.32. The van der Waals surface area contributed by atoms with E-state index in [2.05, 4.69) is 4.98 Å². The molecule has 2 heterocycles. The number of carbonyl (C=O) groups excluding carboxylic acids is 1. The molecule has 4 rings (SSSR count). The van der Waals surface area contributed by atoms with Gasteiger partial charge in [-0.15, -0.1) is 0 Å². The summed E-state index contributed by atoms with van der Waals surface area (Å²) in [4.78, 5) is 23.6. The number of hydrogen-bond donors (Lipinski definition) is 0. The molecule has 2 aromatic heterocycles. The third-order valence-electron chi connectivity index (χ3n) is 4.72. The second kappa shape index (κ2) is 10.5. The van der Waals surface area contributed by atoms with Crippen molar-refractivity contribution < 1.29 is 14.3 Å². The predicted molar refractivity (Wildman–Crippen MR) is 127 cm³/mol. The van der Waals surface area contributed by atoms with Crippen LogP contribution in [0.15, 0.2) is 61.2 Å². The summed E-state index contributed by atoms with van der Waals surface area (Å²) >= 11 is 7.39. The number of hydrogen-bond acceptors (Lipinski definition) is 6. The van der Waals surface area contributed by atoms with Gasteiger partial charge in [0, 0.05) is 30.5 Å². The van der Waals surface area contributed by atoms with Crippen LogP contribution in [0.25, 0.3) is 10.2 Å². The molecule has 0 N–H and O–H groups in total. The van der Waals surface area contributed by atoms with E-state index in [4.69, 9.17) is 26.1 Å². The van der Waals surface area contributed by atoms with Gasteiger partial charge in [0.2, 0.25) is 0 Å². The van der Waals surface area contributed by atoms with E-state index >= 15 is 0 Å². The molecule has 0 saturated heterocycles. The van der Waals surface area contributed by atoms with Crippen LogP contribution in [0, 0.1) is 0 Å². The van der Waals surface area contributed by atoms with Crippen molar-refractivity contribution in [3.63, 3.8) is 0 Å². The molecule has 0 radical (unpaired) electrons. The average Bonchev–Trinajstić information content (AvgIpc) is 3.46. The first-order chi connectivity index (χ1) is 15.6. The molecule has 166 valence electrons. The largest absolute Gasteiger partial charge is 0.494 e. The zero-order valence-electron chi connectivity index (χ0n) is 17.6. The average molecular weight is 471 g/mol. The van der Waals surface area contributed by atoms with Crippen molar-refractivity contribution in [2.45, 2.75) is 19.9 Å². The highest BCUT2D eigenvalue weighted by molar-refractivity contribution is 7.22. The number of anilines is 1. The summed E-state index contributed by atoms with van der Waals surface area (Å²) in [6.45, 7) is 3.72. The van der Waals surface area contributed by atoms with Gasteiger partial charge < -0.3 is 14.0 Å². The Labute approximate surface area is 195 Å². The van der Waals surface area contributed by atoms with Gasteiger partial charge in [-0.05, 0) is 55.8 Å². The smallest absolute Gasteiger partial charge is 0.266 e. The first-order valence-electron chi connectivity index (χ1n) is 10.3. The summed E-state index contributed by atoms with van der Waals surface area (Å²) in [7, 11) is 0. The lowest BCUT2D eigenvalue weighted by Crippen LogP contribution is -2.36. The van der Waals surface area contributed by atoms with E-state index in [0.29, 0.717) is 29.1 Å². The maximum absolute atomic E-state index is 13.1. The van der Waals surface area contributed by atoms with E-state index in [1.54, 1.807) is 41.7 Å². The van der Waals surface area contributed by atoms with Crippen LogP contribution in [0.4, 0.5) is 5.13 Å². The lowest BCUT2D eigenvalue weighted by atomic mass is 10.3. The molecular formula is C23H23ClN4O3S. The number of aryl methyl sites for hydroxylation is 1. The number of thiazole rings is 1. The van der Waals surface area contributed by atoms with Gasteiger partial charge in [0.1, 0.15) is 11.5 Å². The summed E-state index contributed by atoms with van der Waals surface area (Å²) in [6.07, 6.45) is 6.17. The molecule has 0 aliphatic heterocycles. The number of rotatable bonds is 10. The van der Waals surface area contributed by atoms with Crippen molar-refractivity contribution in [1.82, 2.24) is 14.5 Å². The van der Waals surface area contributed by atoms with Crippen molar-refractivity contribution in [2.75, 3.05) is 24.7 Å². The third-order valence-corrected chi connectivity index (χ3v) is 6.02. The van der Waals surface area contributed by atoms with Gasteiger partial charge in [0.25, 0.3) is 5.91 Å². The van der Waals surface area contributed by atoms with E-state index in [-0.39, 0.29) is 12.5 Å². The van der Waals surface area contributed by atoms with Crippen LogP contribution in [0.5, 0.6) is 11.5 Å². The Balaban J connectivity index is 1.51. The molecule has 32 heavy (non-hydrogen) atoms.